The normalized spacial score (nSPS) is 9.57. The van der Waals surface area contributed by atoms with E-state index in [0.717, 1.165) is 4.88 Å². The van der Waals surface area contributed by atoms with Crippen LogP contribution in [0.15, 0.2) is 11.4 Å². The Kier molecular flexibility index (Phi) is 3.64. The fraction of sp³-hybridized carbons (Fsp3) is 0.333. The Labute approximate surface area is 85.4 Å². The second-order valence-electron chi connectivity index (χ2n) is 2.58. The van der Waals surface area contributed by atoms with Crippen molar-refractivity contribution in [3.8, 4) is 0 Å². The molecule has 0 amide bonds. The Morgan fingerprint density at radius 2 is 2.14 bits per heavy atom. The Balaban J connectivity index is 2.44. The second kappa shape index (κ2) is 4.76. The zero-order chi connectivity index (χ0) is 10.6. The number of ether oxygens (including phenoxy) is 2. The molecular formula is C9H10O4S. The number of esters is 2. The maximum Gasteiger partial charge on any atom is 0.342 e. The molecule has 14 heavy (non-hydrogen) atoms. The third kappa shape index (κ3) is 2.85. The molecule has 0 aliphatic carbocycles. The average molecular weight is 214 g/mol. The smallest absolute Gasteiger partial charge is 0.342 e. The Morgan fingerprint density at radius 3 is 2.64 bits per heavy atom. The van der Waals surface area contributed by atoms with Gasteiger partial charge in [-0.1, -0.05) is 0 Å². The van der Waals surface area contributed by atoms with Crippen molar-refractivity contribution in [3.63, 3.8) is 0 Å². The minimum absolute atomic E-state index is 0.330. The van der Waals surface area contributed by atoms with Gasteiger partial charge in [-0.05, 0) is 18.4 Å². The summed E-state index contributed by atoms with van der Waals surface area (Å²) in [7, 11) is 0. The van der Waals surface area contributed by atoms with Crippen molar-refractivity contribution in [2.45, 2.75) is 13.8 Å². The lowest BCUT2D eigenvalue weighted by molar-refractivity contribution is -0.149. The van der Waals surface area contributed by atoms with Crippen LogP contribution in [0.25, 0.3) is 0 Å². The van der Waals surface area contributed by atoms with Crippen molar-refractivity contribution >= 4 is 23.3 Å². The standard InChI is InChI=1S/C9H10O4S/c1-6-8(3-4-14-6)9(11)13-5-12-7(2)10/h3-4H,5H2,1-2H3. The van der Waals surface area contributed by atoms with Gasteiger partial charge in [-0.2, -0.15) is 0 Å². The molecule has 0 spiro atoms. The zero-order valence-corrected chi connectivity index (χ0v) is 8.72. The molecule has 0 bridgehead atoms. The summed E-state index contributed by atoms with van der Waals surface area (Å²) in [5.41, 5.74) is 0.516. The second-order valence-corrected chi connectivity index (χ2v) is 3.70. The third-order valence-corrected chi connectivity index (χ3v) is 2.38. The first kappa shape index (κ1) is 10.7. The molecule has 0 atom stereocenters. The summed E-state index contributed by atoms with van der Waals surface area (Å²) in [5, 5.41) is 1.80. The highest BCUT2D eigenvalue weighted by atomic mass is 32.1. The molecule has 0 aromatic carbocycles. The van der Waals surface area contributed by atoms with Crippen molar-refractivity contribution in [1.82, 2.24) is 0 Å². The Bertz CT molecular complexity index is 342. The van der Waals surface area contributed by atoms with E-state index in [0.29, 0.717) is 5.56 Å². The molecule has 1 heterocycles. The lowest BCUT2D eigenvalue weighted by Gasteiger charge is -2.03. The molecule has 4 nitrogen and oxygen atoms in total. The Morgan fingerprint density at radius 1 is 1.43 bits per heavy atom. The van der Waals surface area contributed by atoms with Crippen LogP contribution in [0.4, 0.5) is 0 Å². The van der Waals surface area contributed by atoms with Gasteiger partial charge in [-0.15, -0.1) is 11.3 Å². The molecule has 76 valence electrons. The molecule has 5 heteroatoms. The molecule has 0 N–H and O–H groups in total. The van der Waals surface area contributed by atoms with Crippen molar-refractivity contribution in [2.24, 2.45) is 0 Å². The van der Waals surface area contributed by atoms with E-state index < -0.39 is 11.9 Å². The van der Waals surface area contributed by atoms with Gasteiger partial charge in [0, 0.05) is 11.8 Å². The predicted molar refractivity (Wildman–Crippen MR) is 51.1 cm³/mol. The van der Waals surface area contributed by atoms with E-state index >= 15 is 0 Å². The van der Waals surface area contributed by atoms with Crippen LogP contribution in [0.1, 0.15) is 22.2 Å². The van der Waals surface area contributed by atoms with Crippen LogP contribution < -0.4 is 0 Å². The maximum atomic E-state index is 11.3. The van der Waals surface area contributed by atoms with Crippen LogP contribution in [0, 0.1) is 6.92 Å². The first-order chi connectivity index (χ1) is 6.61. The minimum Gasteiger partial charge on any atom is -0.428 e. The van der Waals surface area contributed by atoms with E-state index in [4.69, 9.17) is 4.74 Å². The highest BCUT2D eigenvalue weighted by molar-refractivity contribution is 7.10. The van der Waals surface area contributed by atoms with E-state index in [9.17, 15) is 9.59 Å². The molecule has 0 radical (unpaired) electrons. The minimum atomic E-state index is -0.472. The van der Waals surface area contributed by atoms with E-state index in [-0.39, 0.29) is 6.79 Å². The van der Waals surface area contributed by atoms with Gasteiger partial charge in [0.05, 0.1) is 5.56 Å². The van der Waals surface area contributed by atoms with Crippen LogP contribution >= 0.6 is 11.3 Å². The van der Waals surface area contributed by atoms with Gasteiger partial charge < -0.3 is 9.47 Å². The van der Waals surface area contributed by atoms with Crippen molar-refractivity contribution in [1.29, 1.82) is 0 Å². The fourth-order valence-electron chi connectivity index (χ4n) is 0.840. The highest BCUT2D eigenvalue weighted by Gasteiger charge is 2.11. The summed E-state index contributed by atoms with van der Waals surface area (Å²) < 4.78 is 9.17. The first-order valence-corrected chi connectivity index (χ1v) is 4.84. The SMILES string of the molecule is CC(=O)OCOC(=O)c1ccsc1C. The Hall–Kier alpha value is -1.36. The zero-order valence-electron chi connectivity index (χ0n) is 7.90. The molecule has 0 fully saturated rings. The maximum absolute atomic E-state index is 11.3. The summed E-state index contributed by atoms with van der Waals surface area (Å²) in [6.07, 6.45) is 0. The van der Waals surface area contributed by atoms with Crippen LogP contribution in [-0.4, -0.2) is 18.7 Å². The van der Waals surface area contributed by atoms with Gasteiger partial charge in [0.2, 0.25) is 6.79 Å². The van der Waals surface area contributed by atoms with E-state index in [1.54, 1.807) is 11.4 Å². The van der Waals surface area contributed by atoms with Gasteiger partial charge in [-0.25, -0.2) is 4.79 Å². The summed E-state index contributed by atoms with van der Waals surface area (Å²) in [5.74, 6) is -0.940. The van der Waals surface area contributed by atoms with Crippen LogP contribution in [-0.2, 0) is 14.3 Å². The number of aryl methyl sites for hydroxylation is 1. The first-order valence-electron chi connectivity index (χ1n) is 3.96. The summed E-state index contributed by atoms with van der Waals surface area (Å²) in [6.45, 7) is 2.75. The topological polar surface area (TPSA) is 52.6 Å². The molecule has 0 unspecified atom stereocenters. The molecule has 0 aliphatic heterocycles. The van der Waals surface area contributed by atoms with Crippen LogP contribution in [0.5, 0.6) is 0 Å². The van der Waals surface area contributed by atoms with Crippen molar-refractivity contribution < 1.29 is 19.1 Å². The largest absolute Gasteiger partial charge is 0.428 e. The van der Waals surface area contributed by atoms with Crippen LogP contribution in [0.3, 0.4) is 0 Å². The molecule has 0 aliphatic rings. The van der Waals surface area contributed by atoms with Gasteiger partial charge in [0.1, 0.15) is 0 Å². The molecule has 1 aromatic rings. The number of hydrogen-bond acceptors (Lipinski definition) is 5. The number of carbonyl (C=O) groups excluding carboxylic acids is 2. The van der Waals surface area contributed by atoms with Gasteiger partial charge in [0.15, 0.2) is 0 Å². The molecule has 1 aromatic heterocycles. The summed E-state index contributed by atoms with van der Waals surface area (Å²) >= 11 is 1.46. The fourth-order valence-corrected chi connectivity index (χ4v) is 1.53. The lowest BCUT2D eigenvalue weighted by atomic mass is 10.3. The average Bonchev–Trinajstić information content (AvgIpc) is 2.50. The molecule has 0 saturated carbocycles. The molecular weight excluding hydrogens is 204 g/mol. The highest BCUT2D eigenvalue weighted by Crippen LogP contribution is 2.15. The van der Waals surface area contributed by atoms with Gasteiger partial charge in [-0.3, -0.25) is 4.79 Å². The summed E-state index contributed by atoms with van der Waals surface area (Å²) in [4.78, 5) is 22.6. The lowest BCUT2D eigenvalue weighted by Crippen LogP contribution is -2.10. The number of rotatable bonds is 3. The molecule has 1 rings (SSSR count). The van der Waals surface area contributed by atoms with E-state index in [2.05, 4.69) is 4.74 Å². The van der Waals surface area contributed by atoms with Crippen molar-refractivity contribution in [2.75, 3.05) is 6.79 Å². The van der Waals surface area contributed by atoms with Crippen LogP contribution in [0.2, 0.25) is 0 Å². The summed E-state index contributed by atoms with van der Waals surface area (Å²) in [6, 6.07) is 1.68. The van der Waals surface area contributed by atoms with E-state index in [1.165, 1.54) is 18.3 Å². The third-order valence-electron chi connectivity index (χ3n) is 1.53. The number of carbonyl (C=O) groups is 2. The van der Waals surface area contributed by atoms with Crippen molar-refractivity contribution in [3.05, 3.63) is 21.9 Å². The monoisotopic (exact) mass is 214 g/mol. The number of hydrogen-bond donors (Lipinski definition) is 0. The molecule has 0 saturated heterocycles. The van der Waals surface area contributed by atoms with Gasteiger partial charge in [0.25, 0.3) is 0 Å². The van der Waals surface area contributed by atoms with Gasteiger partial charge >= 0.3 is 11.9 Å². The quantitative estimate of drug-likeness (QED) is 0.568. The van der Waals surface area contributed by atoms with E-state index in [1.807, 2.05) is 6.92 Å². The number of thiophene rings is 1. The predicted octanol–water partition coefficient (Wildman–Crippen LogP) is 1.73.